The number of ether oxygens (including phenoxy) is 1. The molecule has 0 radical (unpaired) electrons. The summed E-state index contributed by atoms with van der Waals surface area (Å²) < 4.78 is 19.4. The quantitative estimate of drug-likeness (QED) is 0.209. The number of nitrogens with one attached hydrogen (secondary N) is 2. The normalized spacial score (nSPS) is 19.3. The number of morpholine rings is 1. The lowest BCUT2D eigenvalue weighted by Gasteiger charge is -2.36. The van der Waals surface area contributed by atoms with Gasteiger partial charge in [-0.05, 0) is 38.9 Å². The zero-order valence-electron chi connectivity index (χ0n) is 19.6. The molecule has 0 spiro atoms. The summed E-state index contributed by atoms with van der Waals surface area (Å²) in [5.41, 5.74) is 0.724. The highest BCUT2D eigenvalue weighted by Crippen LogP contribution is 2.20. The largest absolute Gasteiger partial charge is 0.379 e. The van der Waals surface area contributed by atoms with Crippen LogP contribution in [0, 0.1) is 5.82 Å². The minimum atomic E-state index is -0.127. The van der Waals surface area contributed by atoms with E-state index < -0.39 is 0 Å². The van der Waals surface area contributed by atoms with Crippen LogP contribution in [-0.2, 0) is 4.74 Å². The van der Waals surface area contributed by atoms with Gasteiger partial charge >= 0.3 is 0 Å². The summed E-state index contributed by atoms with van der Waals surface area (Å²) in [6, 6.07) is 7.48. The van der Waals surface area contributed by atoms with Crippen molar-refractivity contribution in [3.05, 3.63) is 30.1 Å². The van der Waals surface area contributed by atoms with Crippen molar-refractivity contribution in [3.63, 3.8) is 0 Å². The third-order valence-corrected chi connectivity index (χ3v) is 6.04. The van der Waals surface area contributed by atoms with Crippen molar-refractivity contribution >= 4 is 35.6 Å². The molecule has 0 saturated carbocycles. The number of nitrogens with zero attached hydrogens (tertiary/aromatic N) is 4. The van der Waals surface area contributed by atoms with Crippen LogP contribution in [0.15, 0.2) is 29.3 Å². The highest BCUT2D eigenvalue weighted by molar-refractivity contribution is 14.0. The Labute approximate surface area is 209 Å². The monoisotopic (exact) mass is 562 g/mol. The van der Waals surface area contributed by atoms with Gasteiger partial charge in [-0.3, -0.25) is 14.8 Å². The van der Waals surface area contributed by atoms with Gasteiger partial charge in [0.1, 0.15) is 5.82 Å². The molecule has 0 aromatic heterocycles. The summed E-state index contributed by atoms with van der Waals surface area (Å²) in [5, 5.41) is 6.82. The number of hydrogen-bond acceptors (Lipinski definition) is 5. The third-order valence-electron chi connectivity index (χ3n) is 6.04. The summed E-state index contributed by atoms with van der Waals surface area (Å²) >= 11 is 0. The van der Waals surface area contributed by atoms with Crippen LogP contribution in [0.2, 0.25) is 0 Å². The van der Waals surface area contributed by atoms with Crippen LogP contribution in [0.5, 0.6) is 0 Å². The fourth-order valence-corrected chi connectivity index (χ4v) is 4.13. The maximum absolute atomic E-state index is 14.0. The number of rotatable bonds is 9. The number of hydrogen-bond donors (Lipinski definition) is 2. The third kappa shape index (κ3) is 8.64. The molecule has 1 unspecified atom stereocenters. The van der Waals surface area contributed by atoms with Gasteiger partial charge in [-0.2, -0.15) is 0 Å². The highest BCUT2D eigenvalue weighted by Gasteiger charge is 2.19. The number of aliphatic imine (C=N–C) groups is 1. The average Bonchev–Trinajstić information content (AvgIpc) is 2.81. The lowest BCUT2D eigenvalue weighted by molar-refractivity contribution is 0.0220. The first-order valence-corrected chi connectivity index (χ1v) is 11.7. The molecule has 7 nitrogen and oxygen atoms in total. The van der Waals surface area contributed by atoms with Crippen molar-refractivity contribution < 1.29 is 9.13 Å². The molecule has 2 fully saturated rings. The van der Waals surface area contributed by atoms with Crippen molar-refractivity contribution in [1.29, 1.82) is 0 Å². The van der Waals surface area contributed by atoms with Gasteiger partial charge in [0.05, 0.1) is 25.4 Å². The summed E-state index contributed by atoms with van der Waals surface area (Å²) in [6.45, 7) is 15.2. The van der Waals surface area contributed by atoms with Crippen LogP contribution >= 0.6 is 24.0 Å². The predicted molar refractivity (Wildman–Crippen MR) is 141 cm³/mol. The Hall–Kier alpha value is -1.17. The van der Waals surface area contributed by atoms with Gasteiger partial charge in [-0.25, -0.2) is 4.39 Å². The van der Waals surface area contributed by atoms with Gasteiger partial charge in [-0.1, -0.05) is 12.1 Å². The van der Waals surface area contributed by atoms with Gasteiger partial charge in [0.25, 0.3) is 0 Å². The molecule has 2 N–H and O–H groups in total. The summed E-state index contributed by atoms with van der Waals surface area (Å²) in [5.74, 6) is 0.769. The van der Waals surface area contributed by atoms with E-state index in [0.29, 0.717) is 6.04 Å². The number of halogens is 2. The molecular weight excluding hydrogens is 522 g/mol. The van der Waals surface area contributed by atoms with E-state index in [1.807, 2.05) is 12.1 Å². The molecule has 2 aliphatic heterocycles. The Kier molecular flexibility index (Phi) is 12.6. The topological polar surface area (TPSA) is 55.4 Å². The fraction of sp³-hybridized carbons (Fsp3) is 0.696. The molecule has 3 rings (SSSR count). The molecule has 182 valence electrons. The Bertz CT molecular complexity index is 680. The van der Waals surface area contributed by atoms with E-state index >= 15 is 0 Å². The van der Waals surface area contributed by atoms with Crippen LogP contribution in [0.25, 0.3) is 0 Å². The van der Waals surface area contributed by atoms with E-state index in [2.05, 4.69) is 39.2 Å². The maximum Gasteiger partial charge on any atom is 0.191 e. The molecule has 1 atom stereocenters. The van der Waals surface area contributed by atoms with Crippen molar-refractivity contribution in [3.8, 4) is 0 Å². The molecule has 0 aliphatic carbocycles. The number of guanidine groups is 1. The Balaban J connectivity index is 0.00000363. The minimum absolute atomic E-state index is 0. The Morgan fingerprint density at radius 1 is 1.09 bits per heavy atom. The Morgan fingerprint density at radius 3 is 2.50 bits per heavy atom. The van der Waals surface area contributed by atoms with Crippen LogP contribution < -0.4 is 15.5 Å². The van der Waals surface area contributed by atoms with Crippen molar-refractivity contribution in [1.82, 2.24) is 20.4 Å². The van der Waals surface area contributed by atoms with E-state index in [1.54, 1.807) is 12.1 Å². The first-order chi connectivity index (χ1) is 15.2. The fourth-order valence-electron chi connectivity index (χ4n) is 4.13. The zero-order valence-corrected chi connectivity index (χ0v) is 21.9. The van der Waals surface area contributed by atoms with E-state index in [1.165, 1.54) is 0 Å². The zero-order chi connectivity index (χ0) is 21.9. The first kappa shape index (κ1) is 27.1. The van der Waals surface area contributed by atoms with Crippen LogP contribution in [-0.4, -0.2) is 100 Å². The second kappa shape index (κ2) is 14.9. The first-order valence-electron chi connectivity index (χ1n) is 11.7. The molecule has 2 heterocycles. The molecule has 0 amide bonds. The van der Waals surface area contributed by atoms with Crippen LogP contribution in [0.3, 0.4) is 0 Å². The number of benzene rings is 1. The summed E-state index contributed by atoms with van der Waals surface area (Å²) in [7, 11) is 0. The van der Waals surface area contributed by atoms with Crippen molar-refractivity contribution in [2.75, 3.05) is 83.6 Å². The predicted octanol–water partition coefficient (Wildman–Crippen LogP) is 2.23. The van der Waals surface area contributed by atoms with Crippen LogP contribution in [0.1, 0.15) is 20.3 Å². The van der Waals surface area contributed by atoms with E-state index in [4.69, 9.17) is 9.73 Å². The SMILES string of the molecule is CCNC(=NCC(C)N1CCOCC1)NCCCN1CCN(c2ccccc2F)CC1.I. The van der Waals surface area contributed by atoms with Crippen LogP contribution in [0.4, 0.5) is 10.1 Å². The van der Waals surface area contributed by atoms with Crippen molar-refractivity contribution in [2.24, 2.45) is 4.99 Å². The molecular formula is C23H40FIN6O. The number of para-hydroxylation sites is 1. The second-order valence-electron chi connectivity index (χ2n) is 8.28. The molecule has 0 bridgehead atoms. The summed E-state index contributed by atoms with van der Waals surface area (Å²) in [4.78, 5) is 11.8. The molecule has 32 heavy (non-hydrogen) atoms. The standard InChI is InChI=1S/C23H39FN6O.HI/c1-3-25-23(27-19-20(2)29-15-17-31-18-16-29)26-9-6-10-28-11-13-30(14-12-28)22-8-5-4-7-21(22)24;/h4-5,7-8,20H,3,6,9-19H2,1-2H3,(H2,25,26,27);1H. The average molecular weight is 563 g/mol. The maximum atomic E-state index is 14.0. The number of anilines is 1. The lowest BCUT2D eigenvalue weighted by Crippen LogP contribution is -2.47. The Morgan fingerprint density at radius 2 is 1.81 bits per heavy atom. The molecule has 2 aliphatic rings. The van der Waals surface area contributed by atoms with E-state index in [9.17, 15) is 4.39 Å². The smallest absolute Gasteiger partial charge is 0.191 e. The molecule has 1 aromatic rings. The lowest BCUT2D eigenvalue weighted by atomic mass is 10.2. The van der Waals surface area contributed by atoms with E-state index in [0.717, 1.165) is 96.7 Å². The van der Waals surface area contributed by atoms with Gasteiger partial charge in [0.2, 0.25) is 0 Å². The molecule has 1 aromatic carbocycles. The van der Waals surface area contributed by atoms with Gasteiger partial charge in [0, 0.05) is 58.4 Å². The highest BCUT2D eigenvalue weighted by atomic mass is 127. The van der Waals surface area contributed by atoms with Gasteiger partial charge in [-0.15, -0.1) is 24.0 Å². The molecule has 9 heteroatoms. The minimum Gasteiger partial charge on any atom is -0.379 e. The van der Waals surface area contributed by atoms with E-state index in [-0.39, 0.29) is 29.8 Å². The van der Waals surface area contributed by atoms with Gasteiger partial charge in [0.15, 0.2) is 5.96 Å². The second-order valence-corrected chi connectivity index (χ2v) is 8.28. The number of piperazine rings is 1. The molecule has 2 saturated heterocycles. The summed E-state index contributed by atoms with van der Waals surface area (Å²) in [6.07, 6.45) is 1.06. The van der Waals surface area contributed by atoms with Gasteiger partial charge < -0.3 is 20.3 Å². The van der Waals surface area contributed by atoms with Crippen molar-refractivity contribution in [2.45, 2.75) is 26.3 Å².